The molecule has 1 fully saturated rings. The highest BCUT2D eigenvalue weighted by Gasteiger charge is 2.24. The third-order valence-corrected chi connectivity index (χ3v) is 5.27. The molecule has 1 aliphatic heterocycles. The lowest BCUT2D eigenvalue weighted by Crippen LogP contribution is -2.19. The second kappa shape index (κ2) is 8.05. The fourth-order valence-corrected chi connectivity index (χ4v) is 4.10. The normalized spacial score (nSPS) is 17.2. The zero-order valence-corrected chi connectivity index (χ0v) is 17.2. The van der Waals surface area contributed by atoms with Gasteiger partial charge in [0.25, 0.3) is 5.91 Å². The SMILES string of the molecule is CCOc1ccc(N=C2NC(=O)/C(=C\c3cc(C)n(C(C)C)c3C)S2)cc1. The van der Waals surface area contributed by atoms with Crippen molar-refractivity contribution in [3.63, 3.8) is 0 Å². The van der Waals surface area contributed by atoms with Crippen molar-refractivity contribution in [3.05, 3.63) is 52.2 Å². The van der Waals surface area contributed by atoms with Crippen LogP contribution >= 0.6 is 11.8 Å². The third-order valence-electron chi connectivity index (χ3n) is 4.36. The summed E-state index contributed by atoms with van der Waals surface area (Å²) in [6, 6.07) is 10.0. The number of amidine groups is 1. The second-order valence-corrected chi connectivity index (χ2v) is 7.73. The van der Waals surface area contributed by atoms with Crippen LogP contribution in [0.1, 0.15) is 43.8 Å². The molecule has 1 aromatic heterocycles. The molecule has 0 saturated carbocycles. The van der Waals surface area contributed by atoms with E-state index in [0.29, 0.717) is 22.7 Å². The Hall–Kier alpha value is -2.47. The van der Waals surface area contributed by atoms with Gasteiger partial charge in [-0.3, -0.25) is 4.79 Å². The lowest BCUT2D eigenvalue weighted by Gasteiger charge is -2.13. The molecular formula is C21H25N3O2S. The van der Waals surface area contributed by atoms with Crippen LogP contribution in [0.5, 0.6) is 5.75 Å². The molecular weight excluding hydrogens is 358 g/mol. The van der Waals surface area contributed by atoms with Crippen molar-refractivity contribution in [3.8, 4) is 5.75 Å². The summed E-state index contributed by atoms with van der Waals surface area (Å²) < 4.78 is 7.71. The number of rotatable bonds is 5. The van der Waals surface area contributed by atoms with Crippen LogP contribution in [-0.2, 0) is 4.79 Å². The van der Waals surface area contributed by atoms with Crippen molar-refractivity contribution in [2.45, 2.75) is 40.7 Å². The topological polar surface area (TPSA) is 55.6 Å². The van der Waals surface area contributed by atoms with E-state index in [2.05, 4.69) is 48.6 Å². The number of hydrogen-bond acceptors (Lipinski definition) is 4. The molecule has 1 aromatic carbocycles. The van der Waals surface area contributed by atoms with Crippen LogP contribution in [0, 0.1) is 13.8 Å². The minimum absolute atomic E-state index is 0.112. The maximum absolute atomic E-state index is 12.3. The molecule has 0 spiro atoms. The molecule has 0 bridgehead atoms. The van der Waals surface area contributed by atoms with Crippen molar-refractivity contribution < 1.29 is 9.53 Å². The molecule has 2 aromatic rings. The molecule has 3 rings (SSSR count). The van der Waals surface area contributed by atoms with E-state index in [1.807, 2.05) is 37.3 Å². The summed E-state index contributed by atoms with van der Waals surface area (Å²) in [7, 11) is 0. The van der Waals surface area contributed by atoms with Gasteiger partial charge in [-0.2, -0.15) is 0 Å². The van der Waals surface area contributed by atoms with E-state index in [1.165, 1.54) is 23.1 Å². The van der Waals surface area contributed by atoms with E-state index in [4.69, 9.17) is 4.74 Å². The number of aliphatic imine (C=N–C) groups is 1. The molecule has 0 atom stereocenters. The van der Waals surface area contributed by atoms with Gasteiger partial charge in [0, 0.05) is 17.4 Å². The van der Waals surface area contributed by atoms with Crippen LogP contribution in [-0.4, -0.2) is 22.2 Å². The number of thioether (sulfide) groups is 1. The first kappa shape index (κ1) is 19.3. The van der Waals surface area contributed by atoms with E-state index in [-0.39, 0.29) is 5.91 Å². The maximum Gasteiger partial charge on any atom is 0.264 e. The summed E-state index contributed by atoms with van der Waals surface area (Å²) in [5.41, 5.74) is 4.21. The Bertz CT molecular complexity index is 908. The summed E-state index contributed by atoms with van der Waals surface area (Å²) in [4.78, 5) is 17.5. The predicted molar refractivity (Wildman–Crippen MR) is 113 cm³/mol. The number of nitrogens with zero attached hydrogens (tertiary/aromatic N) is 2. The Kier molecular flexibility index (Phi) is 5.75. The first-order valence-electron chi connectivity index (χ1n) is 9.10. The fraction of sp³-hybridized carbons (Fsp3) is 0.333. The fourth-order valence-electron chi connectivity index (χ4n) is 3.27. The molecule has 1 N–H and O–H groups in total. The summed E-state index contributed by atoms with van der Waals surface area (Å²) in [5, 5.41) is 3.43. The monoisotopic (exact) mass is 383 g/mol. The van der Waals surface area contributed by atoms with Crippen LogP contribution in [0.25, 0.3) is 6.08 Å². The van der Waals surface area contributed by atoms with Gasteiger partial charge in [0.2, 0.25) is 0 Å². The first-order chi connectivity index (χ1) is 12.9. The molecule has 1 amide bonds. The molecule has 1 aliphatic rings. The van der Waals surface area contributed by atoms with Gasteiger partial charge < -0.3 is 14.6 Å². The molecule has 5 nitrogen and oxygen atoms in total. The number of hydrogen-bond donors (Lipinski definition) is 1. The van der Waals surface area contributed by atoms with E-state index in [9.17, 15) is 4.79 Å². The Labute approximate surface area is 164 Å². The highest BCUT2D eigenvalue weighted by atomic mass is 32.2. The maximum atomic E-state index is 12.3. The highest BCUT2D eigenvalue weighted by molar-refractivity contribution is 8.18. The van der Waals surface area contributed by atoms with Gasteiger partial charge in [0.1, 0.15) is 5.75 Å². The minimum atomic E-state index is -0.112. The number of carbonyl (C=O) groups excluding carboxylic acids is 1. The molecule has 6 heteroatoms. The molecule has 1 saturated heterocycles. The number of nitrogens with one attached hydrogen (secondary N) is 1. The van der Waals surface area contributed by atoms with Crippen molar-refractivity contribution >= 4 is 34.6 Å². The molecule has 0 unspecified atom stereocenters. The van der Waals surface area contributed by atoms with Gasteiger partial charge in [-0.25, -0.2) is 4.99 Å². The largest absolute Gasteiger partial charge is 0.494 e. The van der Waals surface area contributed by atoms with Crippen molar-refractivity contribution in [1.29, 1.82) is 0 Å². The second-order valence-electron chi connectivity index (χ2n) is 6.70. The smallest absolute Gasteiger partial charge is 0.264 e. The van der Waals surface area contributed by atoms with Crippen molar-refractivity contribution in [1.82, 2.24) is 9.88 Å². The molecule has 0 aliphatic carbocycles. The van der Waals surface area contributed by atoms with Crippen LogP contribution in [0.2, 0.25) is 0 Å². The van der Waals surface area contributed by atoms with Crippen LogP contribution < -0.4 is 10.1 Å². The lowest BCUT2D eigenvalue weighted by atomic mass is 10.2. The number of aryl methyl sites for hydroxylation is 1. The predicted octanol–water partition coefficient (Wildman–Crippen LogP) is 4.98. The van der Waals surface area contributed by atoms with E-state index < -0.39 is 0 Å². The lowest BCUT2D eigenvalue weighted by molar-refractivity contribution is -0.115. The number of benzene rings is 1. The van der Waals surface area contributed by atoms with E-state index >= 15 is 0 Å². The van der Waals surface area contributed by atoms with Gasteiger partial charge in [-0.1, -0.05) is 0 Å². The summed E-state index contributed by atoms with van der Waals surface area (Å²) in [5.74, 6) is 0.699. The zero-order valence-electron chi connectivity index (χ0n) is 16.4. The zero-order chi connectivity index (χ0) is 19.6. The molecule has 27 heavy (non-hydrogen) atoms. The highest BCUT2D eigenvalue weighted by Crippen LogP contribution is 2.30. The Balaban J connectivity index is 1.81. The third kappa shape index (κ3) is 4.27. The Morgan fingerprint density at radius 3 is 2.56 bits per heavy atom. The van der Waals surface area contributed by atoms with Gasteiger partial charge in [-0.15, -0.1) is 0 Å². The number of ether oxygens (including phenoxy) is 1. The van der Waals surface area contributed by atoms with Crippen LogP contribution in [0.4, 0.5) is 5.69 Å². The number of carbonyl (C=O) groups is 1. The number of amides is 1. The van der Waals surface area contributed by atoms with Crippen molar-refractivity contribution in [2.75, 3.05) is 6.61 Å². The molecule has 0 radical (unpaired) electrons. The van der Waals surface area contributed by atoms with Crippen LogP contribution in [0.15, 0.2) is 40.2 Å². The van der Waals surface area contributed by atoms with E-state index in [1.54, 1.807) is 0 Å². The average molecular weight is 384 g/mol. The standard InChI is InChI=1S/C21H25N3O2S/c1-6-26-18-9-7-17(8-10-18)22-21-23-20(25)19(27-21)12-16-11-14(4)24(13(2)3)15(16)5/h7-13H,6H2,1-5H3,(H,22,23,25)/b19-12+. The van der Waals surface area contributed by atoms with Gasteiger partial charge in [0.05, 0.1) is 17.2 Å². The Morgan fingerprint density at radius 1 is 1.26 bits per heavy atom. The summed E-state index contributed by atoms with van der Waals surface area (Å²) >= 11 is 1.37. The van der Waals surface area contributed by atoms with Crippen molar-refractivity contribution in [2.24, 2.45) is 4.99 Å². The van der Waals surface area contributed by atoms with Crippen LogP contribution in [0.3, 0.4) is 0 Å². The molecule has 2 heterocycles. The Morgan fingerprint density at radius 2 is 1.96 bits per heavy atom. The average Bonchev–Trinajstić information content (AvgIpc) is 3.09. The number of aromatic nitrogens is 1. The molecule has 142 valence electrons. The van der Waals surface area contributed by atoms with Gasteiger partial charge >= 0.3 is 0 Å². The van der Waals surface area contributed by atoms with Gasteiger partial charge in [-0.05, 0) is 88.4 Å². The summed E-state index contributed by atoms with van der Waals surface area (Å²) in [6.07, 6.45) is 1.95. The minimum Gasteiger partial charge on any atom is -0.494 e. The van der Waals surface area contributed by atoms with E-state index in [0.717, 1.165) is 17.0 Å². The quantitative estimate of drug-likeness (QED) is 0.741. The summed E-state index contributed by atoms with van der Waals surface area (Å²) in [6.45, 7) is 11.1. The van der Waals surface area contributed by atoms with Gasteiger partial charge in [0.15, 0.2) is 5.17 Å². The first-order valence-corrected chi connectivity index (χ1v) is 9.91.